The van der Waals surface area contributed by atoms with Crippen molar-refractivity contribution in [3.8, 4) is 0 Å². The van der Waals surface area contributed by atoms with E-state index in [0.717, 1.165) is 60.5 Å². The van der Waals surface area contributed by atoms with Crippen LogP contribution in [0.4, 0.5) is 15.8 Å². The maximum Gasteiger partial charge on any atom is 0.360 e. The molecule has 2 aromatic heterocycles. The van der Waals surface area contributed by atoms with E-state index in [2.05, 4.69) is 102 Å². The first-order valence-electron chi connectivity index (χ1n) is 20.3. The topological polar surface area (TPSA) is 107 Å². The van der Waals surface area contributed by atoms with Gasteiger partial charge in [0.2, 0.25) is 11.8 Å². The standard InChI is InChI=1S/C46H63FN8O2S2/c1-8-54-30-24-38(32-35(54)3)14-12-36-16-20-41(21-17-36)51(5)27-11-29-53(7)46(57)44(49)59-58-34-42(48)45(56)52(6)28-10-26-50(4)40-22-18-37(19-23-40)13-15-39-25-31-55(9-2)43(47)33-39/h12-25,30-33,42,44H,8-11,26-29,34,48-49H2,1-7H3/q+2. The first kappa shape index (κ1) is 47.0. The summed E-state index contributed by atoms with van der Waals surface area (Å²) in [5.41, 5.74) is 20.1. The molecule has 2 aromatic carbocycles. The van der Waals surface area contributed by atoms with Crippen LogP contribution in [0.2, 0.25) is 0 Å². The maximum atomic E-state index is 14.1. The Morgan fingerprint density at radius 1 is 0.661 bits per heavy atom. The molecule has 4 rings (SSSR count). The van der Waals surface area contributed by atoms with Gasteiger partial charge in [-0.3, -0.25) is 9.59 Å². The lowest BCUT2D eigenvalue weighted by Gasteiger charge is -2.25. The Hall–Kier alpha value is -4.69. The predicted octanol–water partition coefficient (Wildman–Crippen LogP) is 6.35. The molecule has 0 radical (unpaired) electrons. The molecule has 0 bridgehead atoms. The van der Waals surface area contributed by atoms with Gasteiger partial charge in [0.15, 0.2) is 18.1 Å². The summed E-state index contributed by atoms with van der Waals surface area (Å²) >= 11 is 0. The summed E-state index contributed by atoms with van der Waals surface area (Å²) in [5.74, 6) is -0.200. The molecule has 2 atom stereocenters. The van der Waals surface area contributed by atoms with Gasteiger partial charge in [0.1, 0.15) is 18.5 Å². The van der Waals surface area contributed by atoms with E-state index in [0.29, 0.717) is 25.4 Å². The number of amides is 2. The molecule has 0 aliphatic carbocycles. The predicted molar refractivity (Wildman–Crippen MR) is 247 cm³/mol. The van der Waals surface area contributed by atoms with E-state index in [1.807, 2.05) is 44.3 Å². The lowest BCUT2D eigenvalue weighted by molar-refractivity contribution is -0.720. The Kier molecular flexibility index (Phi) is 18.9. The number of pyridine rings is 2. The summed E-state index contributed by atoms with van der Waals surface area (Å²) < 4.78 is 17.9. The van der Waals surface area contributed by atoms with Gasteiger partial charge in [0.25, 0.3) is 0 Å². The number of benzene rings is 2. The van der Waals surface area contributed by atoms with E-state index in [-0.39, 0.29) is 17.8 Å². The van der Waals surface area contributed by atoms with Crippen molar-refractivity contribution in [2.24, 2.45) is 11.5 Å². The highest BCUT2D eigenvalue weighted by atomic mass is 33.1. The minimum Gasteiger partial charge on any atom is -0.375 e. The third-order valence-corrected chi connectivity index (χ3v) is 12.8. The molecule has 0 aliphatic heterocycles. The van der Waals surface area contributed by atoms with Crippen LogP contribution in [0, 0.1) is 12.9 Å². The van der Waals surface area contributed by atoms with E-state index < -0.39 is 11.4 Å². The van der Waals surface area contributed by atoms with Crippen LogP contribution in [-0.2, 0) is 22.7 Å². The van der Waals surface area contributed by atoms with Gasteiger partial charge in [-0.15, -0.1) is 4.39 Å². The molecule has 4 N–H and O–H groups in total. The third-order valence-electron chi connectivity index (χ3n) is 10.3. The highest BCUT2D eigenvalue weighted by molar-refractivity contribution is 8.77. The molecule has 2 unspecified atom stereocenters. The number of hydrogen-bond donors (Lipinski definition) is 2. The Morgan fingerprint density at radius 2 is 1.12 bits per heavy atom. The van der Waals surface area contributed by atoms with Crippen molar-refractivity contribution in [2.45, 2.75) is 58.1 Å². The molecule has 2 heterocycles. The fourth-order valence-electron chi connectivity index (χ4n) is 6.43. The zero-order chi connectivity index (χ0) is 42.9. The Balaban J connectivity index is 1.09. The lowest BCUT2D eigenvalue weighted by Crippen LogP contribution is -2.44. The minimum absolute atomic E-state index is 0.140. The van der Waals surface area contributed by atoms with Crippen LogP contribution in [0.15, 0.2) is 85.2 Å². The average Bonchev–Trinajstić information content (AvgIpc) is 3.24. The largest absolute Gasteiger partial charge is 0.375 e. The number of hydrogen-bond acceptors (Lipinski definition) is 8. The molecule has 0 spiro atoms. The number of nitrogens with two attached hydrogens (primary N) is 2. The molecule has 0 fully saturated rings. The normalized spacial score (nSPS) is 12.5. The second kappa shape index (κ2) is 23.8. The van der Waals surface area contributed by atoms with E-state index in [1.54, 1.807) is 34.7 Å². The molecular formula is C46H63FN8O2S2+2. The zero-order valence-corrected chi connectivity index (χ0v) is 37.4. The van der Waals surface area contributed by atoms with Crippen LogP contribution in [0.5, 0.6) is 0 Å². The van der Waals surface area contributed by atoms with Crippen LogP contribution in [0.1, 0.15) is 54.6 Å². The van der Waals surface area contributed by atoms with E-state index in [1.165, 1.54) is 38.9 Å². The van der Waals surface area contributed by atoms with Gasteiger partial charge in [-0.05, 0) is 73.2 Å². The van der Waals surface area contributed by atoms with Gasteiger partial charge in [0.05, 0.1) is 6.04 Å². The minimum atomic E-state index is -0.752. The second-order valence-electron chi connectivity index (χ2n) is 14.8. The summed E-state index contributed by atoms with van der Waals surface area (Å²) in [6.07, 6.45) is 13.6. The smallest absolute Gasteiger partial charge is 0.360 e. The quantitative estimate of drug-likeness (QED) is 0.0409. The van der Waals surface area contributed by atoms with E-state index in [4.69, 9.17) is 11.5 Å². The number of aromatic nitrogens is 2. The van der Waals surface area contributed by atoms with Crippen LogP contribution in [0.3, 0.4) is 0 Å². The van der Waals surface area contributed by atoms with Gasteiger partial charge in [-0.25, -0.2) is 4.57 Å². The number of rotatable bonds is 22. The van der Waals surface area contributed by atoms with Gasteiger partial charge in [-0.1, -0.05) is 70.2 Å². The summed E-state index contributed by atoms with van der Waals surface area (Å²) in [4.78, 5) is 33.6. The highest BCUT2D eigenvalue weighted by Crippen LogP contribution is 2.26. The van der Waals surface area contributed by atoms with Gasteiger partial charge in [0, 0.05) is 103 Å². The number of anilines is 2. The first-order chi connectivity index (χ1) is 28.3. The summed E-state index contributed by atoms with van der Waals surface area (Å²) in [5, 5.41) is -0.752. The van der Waals surface area contributed by atoms with Crippen molar-refractivity contribution in [3.63, 3.8) is 0 Å². The van der Waals surface area contributed by atoms with E-state index >= 15 is 0 Å². The van der Waals surface area contributed by atoms with Crippen LogP contribution in [0.25, 0.3) is 24.3 Å². The van der Waals surface area contributed by atoms with Crippen molar-refractivity contribution in [3.05, 3.63) is 119 Å². The Morgan fingerprint density at radius 3 is 1.59 bits per heavy atom. The van der Waals surface area contributed by atoms with Crippen molar-refractivity contribution in [1.82, 2.24) is 9.80 Å². The molecule has 0 saturated heterocycles. The Labute approximate surface area is 359 Å². The lowest BCUT2D eigenvalue weighted by atomic mass is 10.1. The number of halogens is 1. The number of likely N-dealkylation sites (N-methyl/N-ethyl adjacent to an activating group) is 2. The van der Waals surface area contributed by atoms with Gasteiger partial charge in [-0.2, -0.15) is 4.57 Å². The van der Waals surface area contributed by atoms with Crippen molar-refractivity contribution >= 4 is 69.1 Å². The summed E-state index contributed by atoms with van der Waals surface area (Å²) in [6, 6.07) is 23.7. The summed E-state index contributed by atoms with van der Waals surface area (Å²) in [7, 11) is 10.2. The number of carbonyl (C=O) groups is 2. The van der Waals surface area contributed by atoms with E-state index in [9.17, 15) is 14.0 Å². The first-order valence-corrected chi connectivity index (χ1v) is 22.6. The van der Waals surface area contributed by atoms with Crippen molar-refractivity contribution in [2.75, 3.05) is 69.9 Å². The van der Waals surface area contributed by atoms with Crippen molar-refractivity contribution in [1.29, 1.82) is 0 Å². The fraction of sp³-hybridized carbons (Fsp3) is 0.391. The number of nitrogens with zero attached hydrogens (tertiary/aromatic N) is 6. The summed E-state index contributed by atoms with van der Waals surface area (Å²) in [6.45, 7) is 10.4. The molecular weight excluding hydrogens is 780 g/mol. The average molecular weight is 843 g/mol. The van der Waals surface area contributed by atoms with Crippen LogP contribution < -0.4 is 30.4 Å². The monoisotopic (exact) mass is 842 g/mol. The maximum absolute atomic E-state index is 14.1. The molecule has 10 nitrogen and oxygen atoms in total. The fourth-order valence-corrected chi connectivity index (χ4v) is 8.57. The van der Waals surface area contributed by atoms with Crippen LogP contribution >= 0.6 is 21.6 Å². The molecule has 0 saturated carbocycles. The Bertz CT molecular complexity index is 1870. The molecule has 13 heteroatoms. The molecule has 316 valence electrons. The highest BCUT2D eigenvalue weighted by Gasteiger charge is 2.22. The third kappa shape index (κ3) is 14.8. The molecule has 59 heavy (non-hydrogen) atoms. The number of carbonyl (C=O) groups excluding carboxylic acids is 2. The van der Waals surface area contributed by atoms with Gasteiger partial charge >= 0.3 is 5.95 Å². The van der Waals surface area contributed by atoms with Gasteiger partial charge < -0.3 is 31.1 Å². The number of aryl methyl sites for hydroxylation is 3. The molecule has 0 aliphatic rings. The van der Waals surface area contributed by atoms with Crippen molar-refractivity contribution < 1.29 is 23.1 Å². The molecule has 4 aromatic rings. The van der Waals surface area contributed by atoms with Crippen LogP contribution in [-0.4, -0.2) is 93.2 Å². The zero-order valence-electron chi connectivity index (χ0n) is 35.8. The second-order valence-corrected chi connectivity index (χ2v) is 17.3. The SMILES string of the molecule is CC[n+]1ccc(/C=C/c2ccc(N(C)CCCN(C)C(=O)C(N)SSCC(N)C(=O)N(C)CCCN(C)c3ccc(/C=C/c4cc[n+](CC)c(F)c4)cc3)cc2)cc1C. The molecule has 2 amide bonds.